The molecule has 0 spiro atoms. The minimum Gasteiger partial charge on any atom is -0.508 e. The molecule has 0 radical (unpaired) electrons. The standard InChI is InChI=1S/C14H15NO2/c16-11-3-1-9-2-4-13(17)14(12(9)7-11)10-5-6-15-8-10/h1-4,7,10,15-17H,5-6,8H2. The van der Waals surface area contributed by atoms with E-state index in [0.717, 1.165) is 35.8 Å². The molecule has 3 nitrogen and oxygen atoms in total. The number of phenols is 2. The third-order valence-electron chi connectivity index (χ3n) is 3.49. The van der Waals surface area contributed by atoms with Crippen molar-refractivity contribution in [1.29, 1.82) is 0 Å². The maximum absolute atomic E-state index is 10.1. The molecule has 17 heavy (non-hydrogen) atoms. The smallest absolute Gasteiger partial charge is 0.119 e. The molecule has 1 aliphatic heterocycles. The molecule has 0 amide bonds. The molecule has 0 bridgehead atoms. The highest BCUT2D eigenvalue weighted by atomic mass is 16.3. The first-order valence-electron chi connectivity index (χ1n) is 5.91. The molecule has 3 rings (SSSR count). The van der Waals surface area contributed by atoms with Crippen molar-refractivity contribution in [2.24, 2.45) is 0 Å². The van der Waals surface area contributed by atoms with Crippen LogP contribution >= 0.6 is 0 Å². The molecule has 2 aromatic carbocycles. The van der Waals surface area contributed by atoms with Crippen molar-refractivity contribution < 1.29 is 10.2 Å². The Morgan fingerprint density at radius 2 is 1.94 bits per heavy atom. The lowest BCUT2D eigenvalue weighted by Crippen LogP contribution is -2.08. The molecule has 3 heteroatoms. The van der Waals surface area contributed by atoms with Gasteiger partial charge in [0.1, 0.15) is 11.5 Å². The second kappa shape index (κ2) is 3.93. The fourth-order valence-corrected chi connectivity index (χ4v) is 2.65. The van der Waals surface area contributed by atoms with Crippen LogP contribution in [0, 0.1) is 0 Å². The highest BCUT2D eigenvalue weighted by Crippen LogP contribution is 2.37. The summed E-state index contributed by atoms with van der Waals surface area (Å²) in [6.07, 6.45) is 1.03. The molecule has 1 fully saturated rings. The normalized spacial score (nSPS) is 19.9. The van der Waals surface area contributed by atoms with Crippen LogP contribution in [0.1, 0.15) is 17.9 Å². The van der Waals surface area contributed by atoms with E-state index in [-0.39, 0.29) is 5.75 Å². The number of nitrogens with one attached hydrogen (secondary N) is 1. The van der Waals surface area contributed by atoms with Gasteiger partial charge in [0.2, 0.25) is 0 Å². The molecule has 0 saturated carbocycles. The number of benzene rings is 2. The maximum atomic E-state index is 10.1. The maximum Gasteiger partial charge on any atom is 0.119 e. The van der Waals surface area contributed by atoms with Gasteiger partial charge in [-0.05, 0) is 41.9 Å². The van der Waals surface area contributed by atoms with Gasteiger partial charge in [-0.1, -0.05) is 12.1 Å². The number of hydrogen-bond donors (Lipinski definition) is 3. The van der Waals surface area contributed by atoms with Crippen molar-refractivity contribution in [3.63, 3.8) is 0 Å². The Morgan fingerprint density at radius 3 is 2.71 bits per heavy atom. The summed E-state index contributed by atoms with van der Waals surface area (Å²) in [7, 11) is 0. The van der Waals surface area contributed by atoms with Crippen LogP contribution in [0.5, 0.6) is 11.5 Å². The van der Waals surface area contributed by atoms with Crippen molar-refractivity contribution in [2.75, 3.05) is 13.1 Å². The van der Waals surface area contributed by atoms with Gasteiger partial charge in [0.05, 0.1) is 0 Å². The molecule has 3 N–H and O–H groups in total. The summed E-state index contributed by atoms with van der Waals surface area (Å²) < 4.78 is 0. The lowest BCUT2D eigenvalue weighted by atomic mass is 9.92. The van der Waals surface area contributed by atoms with E-state index in [1.165, 1.54) is 0 Å². The molecule has 1 saturated heterocycles. The zero-order chi connectivity index (χ0) is 11.8. The lowest BCUT2D eigenvalue weighted by molar-refractivity contribution is 0.464. The fourth-order valence-electron chi connectivity index (χ4n) is 2.65. The average molecular weight is 229 g/mol. The summed E-state index contributed by atoms with van der Waals surface area (Å²) in [6, 6.07) is 8.93. The van der Waals surface area contributed by atoms with Crippen LogP contribution in [0.25, 0.3) is 10.8 Å². The number of aromatic hydroxyl groups is 2. The molecular weight excluding hydrogens is 214 g/mol. The van der Waals surface area contributed by atoms with Crippen LogP contribution in [-0.4, -0.2) is 23.3 Å². The Labute approximate surface area is 99.7 Å². The monoisotopic (exact) mass is 229 g/mol. The van der Waals surface area contributed by atoms with Crippen LogP contribution in [-0.2, 0) is 0 Å². The minimum atomic E-state index is 0.246. The summed E-state index contributed by atoms with van der Waals surface area (Å²) in [5.74, 6) is 0.910. The molecule has 88 valence electrons. The van der Waals surface area contributed by atoms with Gasteiger partial charge in [-0.3, -0.25) is 0 Å². The van der Waals surface area contributed by atoms with Crippen LogP contribution in [0.3, 0.4) is 0 Å². The minimum absolute atomic E-state index is 0.246. The first kappa shape index (κ1) is 10.4. The van der Waals surface area contributed by atoms with Crippen LogP contribution in [0.4, 0.5) is 0 Å². The predicted octanol–water partition coefficient (Wildman–Crippen LogP) is 2.33. The van der Waals surface area contributed by atoms with E-state index in [9.17, 15) is 10.2 Å². The highest BCUT2D eigenvalue weighted by molar-refractivity contribution is 5.89. The SMILES string of the molecule is Oc1ccc2ccc(O)c(C3CCNC3)c2c1. The summed E-state index contributed by atoms with van der Waals surface area (Å²) >= 11 is 0. The summed E-state index contributed by atoms with van der Waals surface area (Å²) in [5.41, 5.74) is 0.961. The van der Waals surface area contributed by atoms with Crippen molar-refractivity contribution in [2.45, 2.75) is 12.3 Å². The summed E-state index contributed by atoms with van der Waals surface area (Å²) in [5, 5.41) is 25.0. The average Bonchev–Trinajstić information content (AvgIpc) is 2.82. The van der Waals surface area contributed by atoms with Crippen LogP contribution in [0.2, 0.25) is 0 Å². The van der Waals surface area contributed by atoms with E-state index in [2.05, 4.69) is 5.32 Å². The van der Waals surface area contributed by atoms with Crippen LogP contribution in [0.15, 0.2) is 30.3 Å². The zero-order valence-electron chi connectivity index (χ0n) is 9.48. The van der Waals surface area contributed by atoms with E-state index in [4.69, 9.17) is 0 Å². The number of hydrogen-bond acceptors (Lipinski definition) is 3. The van der Waals surface area contributed by atoms with E-state index < -0.39 is 0 Å². The van der Waals surface area contributed by atoms with Gasteiger partial charge in [-0.15, -0.1) is 0 Å². The predicted molar refractivity (Wildman–Crippen MR) is 67.5 cm³/mol. The third-order valence-corrected chi connectivity index (χ3v) is 3.49. The van der Waals surface area contributed by atoms with Gasteiger partial charge in [0, 0.05) is 18.0 Å². The fraction of sp³-hybridized carbons (Fsp3) is 0.286. The first-order valence-corrected chi connectivity index (χ1v) is 5.91. The Hall–Kier alpha value is -1.74. The molecule has 1 heterocycles. The van der Waals surface area contributed by atoms with Crippen molar-refractivity contribution in [3.05, 3.63) is 35.9 Å². The van der Waals surface area contributed by atoms with E-state index >= 15 is 0 Å². The Morgan fingerprint density at radius 1 is 1.12 bits per heavy atom. The Balaban J connectivity index is 2.25. The molecular formula is C14H15NO2. The third kappa shape index (κ3) is 1.72. The number of phenolic OH excluding ortho intramolecular Hbond substituents is 2. The van der Waals surface area contributed by atoms with E-state index in [1.54, 1.807) is 18.2 Å². The van der Waals surface area contributed by atoms with Gasteiger partial charge < -0.3 is 15.5 Å². The lowest BCUT2D eigenvalue weighted by Gasteiger charge is -2.14. The highest BCUT2D eigenvalue weighted by Gasteiger charge is 2.22. The molecule has 1 aliphatic rings. The van der Waals surface area contributed by atoms with E-state index in [1.807, 2.05) is 12.1 Å². The van der Waals surface area contributed by atoms with Crippen LogP contribution < -0.4 is 5.32 Å². The van der Waals surface area contributed by atoms with Gasteiger partial charge in [-0.25, -0.2) is 0 Å². The zero-order valence-corrected chi connectivity index (χ0v) is 9.48. The second-order valence-corrected chi connectivity index (χ2v) is 4.59. The largest absolute Gasteiger partial charge is 0.508 e. The van der Waals surface area contributed by atoms with Crippen molar-refractivity contribution in [3.8, 4) is 11.5 Å². The van der Waals surface area contributed by atoms with Gasteiger partial charge in [-0.2, -0.15) is 0 Å². The van der Waals surface area contributed by atoms with Crippen molar-refractivity contribution >= 4 is 10.8 Å². The number of rotatable bonds is 1. The molecule has 0 aliphatic carbocycles. The van der Waals surface area contributed by atoms with Crippen molar-refractivity contribution in [1.82, 2.24) is 5.32 Å². The molecule has 2 aromatic rings. The first-order chi connectivity index (χ1) is 8.25. The molecule has 1 atom stereocenters. The van der Waals surface area contributed by atoms with E-state index in [0.29, 0.717) is 11.7 Å². The summed E-state index contributed by atoms with van der Waals surface area (Å²) in [4.78, 5) is 0. The van der Waals surface area contributed by atoms with Gasteiger partial charge in [0.25, 0.3) is 0 Å². The molecule has 1 unspecified atom stereocenters. The number of fused-ring (bicyclic) bond motifs is 1. The topological polar surface area (TPSA) is 52.5 Å². The molecule has 0 aromatic heterocycles. The van der Waals surface area contributed by atoms with Gasteiger partial charge >= 0.3 is 0 Å². The Bertz CT molecular complexity index is 554. The summed E-state index contributed by atoms with van der Waals surface area (Å²) in [6.45, 7) is 1.88. The Kier molecular flexibility index (Phi) is 2.41. The quantitative estimate of drug-likeness (QED) is 0.703. The van der Waals surface area contributed by atoms with Gasteiger partial charge in [0.15, 0.2) is 0 Å². The second-order valence-electron chi connectivity index (χ2n) is 4.59.